The van der Waals surface area contributed by atoms with Gasteiger partial charge in [0.25, 0.3) is 0 Å². The van der Waals surface area contributed by atoms with Crippen molar-refractivity contribution in [1.82, 2.24) is 9.97 Å². The molecule has 0 saturated heterocycles. The fourth-order valence-electron chi connectivity index (χ4n) is 3.05. The van der Waals surface area contributed by atoms with Crippen molar-refractivity contribution in [2.24, 2.45) is 5.10 Å². The Morgan fingerprint density at radius 3 is 2.45 bits per heavy atom. The van der Waals surface area contributed by atoms with Gasteiger partial charge < -0.3 is 14.4 Å². The summed E-state index contributed by atoms with van der Waals surface area (Å²) in [5.74, 6) is 1.67. The smallest absolute Gasteiger partial charge is 0.217 e. The van der Waals surface area contributed by atoms with E-state index in [2.05, 4.69) is 52.4 Å². The third kappa shape index (κ3) is 9.60. The van der Waals surface area contributed by atoms with Crippen LogP contribution in [-0.2, 0) is 0 Å². The van der Waals surface area contributed by atoms with Crippen LogP contribution in [0.15, 0.2) is 78.1 Å². The van der Waals surface area contributed by atoms with Crippen molar-refractivity contribution in [1.29, 1.82) is 0 Å². The quantitative estimate of drug-likeness (QED) is 0.164. The molecule has 1 N–H and O–H groups in total. The Morgan fingerprint density at radius 2 is 1.85 bits per heavy atom. The van der Waals surface area contributed by atoms with E-state index in [9.17, 15) is 0 Å². The first kappa shape index (κ1) is 25.6. The molecule has 33 heavy (non-hydrogen) atoms. The largest absolute Gasteiger partial charge is 0.474 e. The molecule has 0 aliphatic carbocycles. The molecular formula is C26H35N5O2. The maximum Gasteiger partial charge on any atom is 0.217 e. The van der Waals surface area contributed by atoms with Crippen LogP contribution < -0.4 is 19.8 Å². The van der Waals surface area contributed by atoms with Gasteiger partial charge in [-0.15, -0.1) is 0 Å². The summed E-state index contributed by atoms with van der Waals surface area (Å²) in [5, 5.41) is 4.31. The van der Waals surface area contributed by atoms with Gasteiger partial charge in [-0.05, 0) is 31.4 Å². The van der Waals surface area contributed by atoms with Crippen LogP contribution in [0.4, 0.5) is 11.5 Å². The lowest BCUT2D eigenvalue weighted by atomic mass is 10.2. The Hall–Kier alpha value is -3.61. The monoisotopic (exact) mass is 449 g/mol. The van der Waals surface area contributed by atoms with E-state index in [0.29, 0.717) is 30.8 Å². The van der Waals surface area contributed by atoms with Crippen LogP contribution in [-0.4, -0.2) is 42.5 Å². The highest BCUT2D eigenvalue weighted by molar-refractivity contribution is 5.83. The van der Waals surface area contributed by atoms with Crippen LogP contribution in [0.25, 0.3) is 0 Å². The number of ether oxygens (including phenoxy) is 2. The molecule has 0 aliphatic rings. The van der Waals surface area contributed by atoms with E-state index in [1.807, 2.05) is 43.3 Å². The molecule has 2 aromatic rings. The molecule has 0 radical (unpaired) electrons. The molecule has 0 unspecified atom stereocenters. The molecular weight excluding hydrogens is 414 g/mol. The van der Waals surface area contributed by atoms with E-state index in [1.54, 1.807) is 18.5 Å². The molecule has 0 fully saturated rings. The fourth-order valence-corrected chi connectivity index (χ4v) is 3.05. The molecule has 7 heteroatoms. The molecule has 2 rings (SSSR count). The van der Waals surface area contributed by atoms with Gasteiger partial charge in [-0.2, -0.15) is 10.1 Å². The highest BCUT2D eigenvalue weighted by Crippen LogP contribution is 2.24. The Kier molecular flexibility index (Phi) is 11.2. The average molecular weight is 450 g/mol. The van der Waals surface area contributed by atoms with Crippen molar-refractivity contribution in [3.05, 3.63) is 73.0 Å². The van der Waals surface area contributed by atoms with Gasteiger partial charge in [-0.1, -0.05) is 50.8 Å². The predicted molar refractivity (Wildman–Crippen MR) is 137 cm³/mol. The molecule has 0 atom stereocenters. The van der Waals surface area contributed by atoms with Crippen molar-refractivity contribution < 1.29 is 9.47 Å². The highest BCUT2D eigenvalue weighted by Gasteiger charge is 2.10. The van der Waals surface area contributed by atoms with Crippen molar-refractivity contribution in [2.45, 2.75) is 33.6 Å². The number of nitrogens with one attached hydrogen (secondary N) is 1. The lowest BCUT2D eigenvalue weighted by Gasteiger charge is -2.24. The first-order valence-electron chi connectivity index (χ1n) is 11.3. The van der Waals surface area contributed by atoms with Gasteiger partial charge in [-0.3, -0.25) is 5.43 Å². The van der Waals surface area contributed by atoms with E-state index in [0.717, 1.165) is 42.8 Å². The van der Waals surface area contributed by atoms with E-state index < -0.39 is 0 Å². The maximum absolute atomic E-state index is 5.90. The number of rotatable bonds is 15. The molecule has 7 nitrogen and oxygen atoms in total. The number of pyridine rings is 2. The third-order valence-electron chi connectivity index (χ3n) is 4.40. The summed E-state index contributed by atoms with van der Waals surface area (Å²) in [4.78, 5) is 11.0. The lowest BCUT2D eigenvalue weighted by molar-refractivity contribution is 0.207. The van der Waals surface area contributed by atoms with E-state index in [4.69, 9.17) is 9.47 Å². The van der Waals surface area contributed by atoms with Gasteiger partial charge in [0.15, 0.2) is 5.82 Å². The summed E-state index contributed by atoms with van der Waals surface area (Å²) in [5.41, 5.74) is 5.83. The van der Waals surface area contributed by atoms with Crippen molar-refractivity contribution in [3.8, 4) is 11.8 Å². The summed E-state index contributed by atoms with van der Waals surface area (Å²) in [6.07, 6.45) is 9.11. The summed E-state index contributed by atoms with van der Waals surface area (Å²) in [6, 6.07) is 9.48. The summed E-state index contributed by atoms with van der Waals surface area (Å²) >= 11 is 0. The zero-order valence-electron chi connectivity index (χ0n) is 20.0. The Labute approximate surface area is 197 Å². The van der Waals surface area contributed by atoms with Crippen LogP contribution in [0.5, 0.6) is 11.8 Å². The first-order valence-corrected chi connectivity index (χ1v) is 11.3. The van der Waals surface area contributed by atoms with Crippen LogP contribution in [0.3, 0.4) is 0 Å². The first-order chi connectivity index (χ1) is 16.0. The van der Waals surface area contributed by atoms with Crippen molar-refractivity contribution in [3.63, 3.8) is 0 Å². The SMILES string of the molecule is C=CC(/C=N/Nc1cc(N(CCC)CCC)cc(OCCOc2ccccn2)n1)=C\C(=C)C. The molecule has 0 aromatic carbocycles. The molecule has 0 spiro atoms. The summed E-state index contributed by atoms with van der Waals surface area (Å²) < 4.78 is 11.5. The lowest BCUT2D eigenvalue weighted by Crippen LogP contribution is -2.25. The number of hydrogen-bond acceptors (Lipinski definition) is 7. The van der Waals surface area contributed by atoms with Gasteiger partial charge in [0, 0.05) is 43.2 Å². The van der Waals surface area contributed by atoms with Crippen LogP contribution in [0, 0.1) is 0 Å². The molecule has 0 aliphatic heterocycles. The summed E-state index contributed by atoms with van der Waals surface area (Å²) in [6.45, 7) is 16.6. The van der Waals surface area contributed by atoms with E-state index >= 15 is 0 Å². The van der Waals surface area contributed by atoms with Gasteiger partial charge in [0.1, 0.15) is 13.2 Å². The Morgan fingerprint density at radius 1 is 1.12 bits per heavy atom. The standard InChI is InChI=1S/C26H35N5O2/c1-6-13-31(14-7-2)23-18-24(30-28-20-22(8-3)17-21(4)5)29-26(19-23)33-16-15-32-25-11-9-10-12-27-25/h8-12,17-20H,3-4,6-7,13-16H2,1-2,5H3,(H,29,30)/b22-17+,28-20+. The van der Waals surface area contributed by atoms with Gasteiger partial charge in [0.05, 0.1) is 6.21 Å². The van der Waals surface area contributed by atoms with Crippen molar-refractivity contribution >= 4 is 17.7 Å². The molecule has 176 valence electrons. The Bertz CT molecular complexity index is 935. The second kappa shape index (κ2) is 14.5. The zero-order valence-corrected chi connectivity index (χ0v) is 20.0. The minimum Gasteiger partial charge on any atom is -0.474 e. The maximum atomic E-state index is 5.90. The van der Waals surface area contributed by atoms with Gasteiger partial charge in [-0.25, -0.2) is 4.98 Å². The number of anilines is 2. The van der Waals surface area contributed by atoms with Gasteiger partial charge >= 0.3 is 0 Å². The molecule has 0 bridgehead atoms. The minimum atomic E-state index is 0.346. The van der Waals surface area contributed by atoms with E-state index in [1.165, 1.54) is 0 Å². The van der Waals surface area contributed by atoms with Crippen LogP contribution in [0.1, 0.15) is 33.6 Å². The topological polar surface area (TPSA) is 71.9 Å². The molecule has 2 heterocycles. The second-order valence-corrected chi connectivity index (χ2v) is 7.47. The number of nitrogens with zero attached hydrogens (tertiary/aromatic N) is 4. The molecule has 0 amide bonds. The predicted octanol–water partition coefficient (Wildman–Crippen LogP) is 5.65. The van der Waals surface area contributed by atoms with Crippen molar-refractivity contribution in [2.75, 3.05) is 36.6 Å². The fraction of sp³-hybridized carbons (Fsp3) is 0.346. The normalized spacial score (nSPS) is 11.3. The average Bonchev–Trinajstić information content (AvgIpc) is 2.81. The Balaban J connectivity index is 2.14. The minimum absolute atomic E-state index is 0.346. The number of allylic oxidation sites excluding steroid dienone is 4. The zero-order chi connectivity index (χ0) is 23.9. The molecule has 0 saturated carbocycles. The number of aromatic nitrogens is 2. The van der Waals surface area contributed by atoms with Gasteiger partial charge in [0.2, 0.25) is 11.8 Å². The summed E-state index contributed by atoms with van der Waals surface area (Å²) in [7, 11) is 0. The molecule has 2 aromatic heterocycles. The van der Waals surface area contributed by atoms with Crippen LogP contribution in [0.2, 0.25) is 0 Å². The second-order valence-electron chi connectivity index (χ2n) is 7.47. The van der Waals surface area contributed by atoms with E-state index in [-0.39, 0.29) is 0 Å². The number of hydrazone groups is 1. The third-order valence-corrected chi connectivity index (χ3v) is 4.40. The van der Waals surface area contributed by atoms with Crippen LogP contribution >= 0.6 is 0 Å². The number of hydrogen-bond donors (Lipinski definition) is 1. The highest BCUT2D eigenvalue weighted by atomic mass is 16.5.